The minimum absolute atomic E-state index is 0.0440. The lowest BCUT2D eigenvalue weighted by atomic mass is 9.93. The Morgan fingerprint density at radius 2 is 1.85 bits per heavy atom. The first-order chi connectivity index (χ1) is 6.02. The van der Waals surface area contributed by atoms with Crippen molar-refractivity contribution in [2.24, 2.45) is 11.8 Å². The van der Waals surface area contributed by atoms with E-state index in [1.54, 1.807) is 0 Å². The number of ether oxygens (including phenoxy) is 2. The number of hydrogen-bond donors (Lipinski definition) is 0. The quantitative estimate of drug-likeness (QED) is 0.636. The first-order valence-corrected chi connectivity index (χ1v) is 4.77. The SMILES string of the molecule is CCC(C)C(OC(=O)OC)C(C)C. The molecule has 0 aromatic rings. The van der Waals surface area contributed by atoms with Gasteiger partial charge in [0.15, 0.2) is 0 Å². The van der Waals surface area contributed by atoms with Gasteiger partial charge in [-0.15, -0.1) is 0 Å². The summed E-state index contributed by atoms with van der Waals surface area (Å²) in [5.41, 5.74) is 0. The number of carbonyl (C=O) groups is 1. The lowest BCUT2D eigenvalue weighted by Crippen LogP contribution is -2.29. The average Bonchev–Trinajstić information content (AvgIpc) is 2.11. The number of carbonyl (C=O) groups excluding carboxylic acids is 1. The van der Waals surface area contributed by atoms with Crippen LogP contribution >= 0.6 is 0 Å². The summed E-state index contributed by atoms with van der Waals surface area (Å²) in [5.74, 6) is 0.702. The molecule has 0 aliphatic carbocycles. The fourth-order valence-corrected chi connectivity index (χ4v) is 1.30. The van der Waals surface area contributed by atoms with Gasteiger partial charge in [0.2, 0.25) is 0 Å². The van der Waals surface area contributed by atoms with Crippen molar-refractivity contribution in [1.82, 2.24) is 0 Å². The fraction of sp³-hybridized carbons (Fsp3) is 0.900. The fourth-order valence-electron chi connectivity index (χ4n) is 1.30. The van der Waals surface area contributed by atoms with Crippen LogP contribution in [0.25, 0.3) is 0 Å². The molecule has 13 heavy (non-hydrogen) atoms. The summed E-state index contributed by atoms with van der Waals surface area (Å²) in [6.07, 6.45) is 0.372. The van der Waals surface area contributed by atoms with E-state index in [0.717, 1.165) is 6.42 Å². The van der Waals surface area contributed by atoms with Crippen LogP contribution in [-0.4, -0.2) is 19.4 Å². The highest BCUT2D eigenvalue weighted by Crippen LogP contribution is 2.19. The Kier molecular flexibility index (Phi) is 5.51. The van der Waals surface area contributed by atoms with Crippen LogP contribution < -0.4 is 0 Å². The Hall–Kier alpha value is -0.730. The van der Waals surface area contributed by atoms with Gasteiger partial charge in [-0.05, 0) is 11.8 Å². The molecule has 0 bridgehead atoms. The molecule has 0 rings (SSSR count). The van der Waals surface area contributed by atoms with Crippen LogP contribution in [0.2, 0.25) is 0 Å². The van der Waals surface area contributed by atoms with Crippen LogP contribution in [0.15, 0.2) is 0 Å². The van der Waals surface area contributed by atoms with E-state index in [4.69, 9.17) is 4.74 Å². The van der Waals surface area contributed by atoms with E-state index < -0.39 is 6.16 Å². The number of hydrogen-bond acceptors (Lipinski definition) is 3. The summed E-state index contributed by atoms with van der Waals surface area (Å²) in [4.78, 5) is 10.9. The third-order valence-corrected chi connectivity index (χ3v) is 2.26. The zero-order chi connectivity index (χ0) is 10.4. The lowest BCUT2D eigenvalue weighted by molar-refractivity contribution is -0.00523. The molecule has 0 amide bonds. The van der Waals surface area contributed by atoms with Gasteiger partial charge in [-0.2, -0.15) is 0 Å². The van der Waals surface area contributed by atoms with Crippen molar-refractivity contribution in [2.75, 3.05) is 7.11 Å². The summed E-state index contributed by atoms with van der Waals surface area (Å²) >= 11 is 0. The highest BCUT2D eigenvalue weighted by Gasteiger charge is 2.23. The summed E-state index contributed by atoms with van der Waals surface area (Å²) in [7, 11) is 1.33. The Balaban J connectivity index is 4.17. The smallest absolute Gasteiger partial charge is 0.438 e. The molecule has 0 aromatic heterocycles. The molecule has 3 heteroatoms. The molecule has 0 spiro atoms. The highest BCUT2D eigenvalue weighted by atomic mass is 16.7. The standard InChI is InChI=1S/C10H20O3/c1-6-8(4)9(7(2)3)13-10(11)12-5/h7-9H,6H2,1-5H3. The monoisotopic (exact) mass is 188 g/mol. The van der Waals surface area contributed by atoms with Crippen LogP contribution in [0, 0.1) is 11.8 Å². The summed E-state index contributed by atoms with van der Waals surface area (Å²) in [6.45, 7) is 8.24. The van der Waals surface area contributed by atoms with Crippen LogP contribution in [0.4, 0.5) is 4.79 Å². The van der Waals surface area contributed by atoms with Crippen molar-refractivity contribution in [3.05, 3.63) is 0 Å². The van der Waals surface area contributed by atoms with Gasteiger partial charge in [0, 0.05) is 0 Å². The van der Waals surface area contributed by atoms with E-state index in [-0.39, 0.29) is 6.10 Å². The molecule has 0 N–H and O–H groups in total. The van der Waals surface area contributed by atoms with Crippen molar-refractivity contribution in [3.8, 4) is 0 Å². The van der Waals surface area contributed by atoms with Crippen LogP contribution in [0.1, 0.15) is 34.1 Å². The van der Waals surface area contributed by atoms with Crippen LogP contribution in [-0.2, 0) is 9.47 Å². The van der Waals surface area contributed by atoms with E-state index in [9.17, 15) is 4.79 Å². The number of methoxy groups -OCH3 is 1. The number of rotatable bonds is 4. The third-order valence-electron chi connectivity index (χ3n) is 2.26. The van der Waals surface area contributed by atoms with Gasteiger partial charge in [-0.25, -0.2) is 4.79 Å². The first-order valence-electron chi connectivity index (χ1n) is 4.77. The molecule has 0 saturated heterocycles. The first kappa shape index (κ1) is 12.3. The molecule has 2 unspecified atom stereocenters. The topological polar surface area (TPSA) is 35.5 Å². The Bertz CT molecular complexity index is 154. The maximum absolute atomic E-state index is 10.9. The molecule has 0 radical (unpaired) electrons. The van der Waals surface area contributed by atoms with Crippen molar-refractivity contribution in [2.45, 2.75) is 40.2 Å². The third kappa shape index (κ3) is 4.15. The minimum atomic E-state index is -0.584. The molecule has 3 nitrogen and oxygen atoms in total. The van der Waals surface area contributed by atoms with Gasteiger partial charge in [0.1, 0.15) is 6.10 Å². The second-order valence-electron chi connectivity index (χ2n) is 3.67. The van der Waals surface area contributed by atoms with Gasteiger partial charge in [-0.3, -0.25) is 0 Å². The van der Waals surface area contributed by atoms with Crippen LogP contribution in [0.3, 0.4) is 0 Å². The second kappa shape index (κ2) is 5.84. The van der Waals surface area contributed by atoms with E-state index in [2.05, 4.69) is 18.6 Å². The lowest BCUT2D eigenvalue weighted by Gasteiger charge is -2.25. The average molecular weight is 188 g/mol. The molecule has 0 aromatic carbocycles. The molecule has 0 saturated carbocycles. The molecule has 78 valence electrons. The zero-order valence-electron chi connectivity index (χ0n) is 9.16. The van der Waals surface area contributed by atoms with Crippen molar-refractivity contribution < 1.29 is 14.3 Å². The molecule has 2 atom stereocenters. The predicted octanol–water partition coefficient (Wildman–Crippen LogP) is 2.84. The molecule has 0 aliphatic rings. The summed E-state index contributed by atoms with van der Waals surface area (Å²) in [6, 6.07) is 0. The van der Waals surface area contributed by atoms with Gasteiger partial charge >= 0.3 is 6.16 Å². The second-order valence-corrected chi connectivity index (χ2v) is 3.67. The normalized spacial score (nSPS) is 15.2. The Morgan fingerprint density at radius 3 is 2.15 bits per heavy atom. The van der Waals surface area contributed by atoms with Crippen molar-refractivity contribution in [3.63, 3.8) is 0 Å². The van der Waals surface area contributed by atoms with E-state index in [0.29, 0.717) is 11.8 Å². The minimum Gasteiger partial charge on any atom is -0.438 e. The maximum Gasteiger partial charge on any atom is 0.508 e. The van der Waals surface area contributed by atoms with E-state index in [1.165, 1.54) is 7.11 Å². The van der Waals surface area contributed by atoms with Crippen molar-refractivity contribution in [1.29, 1.82) is 0 Å². The maximum atomic E-state index is 10.9. The molecule has 0 aliphatic heterocycles. The van der Waals surface area contributed by atoms with Crippen molar-refractivity contribution >= 4 is 6.16 Å². The molecule has 0 heterocycles. The molecular weight excluding hydrogens is 168 g/mol. The largest absolute Gasteiger partial charge is 0.508 e. The van der Waals surface area contributed by atoms with Gasteiger partial charge < -0.3 is 9.47 Å². The van der Waals surface area contributed by atoms with E-state index in [1.807, 2.05) is 13.8 Å². The molecular formula is C10H20O3. The summed E-state index contributed by atoms with van der Waals surface area (Å²) in [5, 5.41) is 0. The molecule has 0 fully saturated rings. The Morgan fingerprint density at radius 1 is 1.31 bits per heavy atom. The predicted molar refractivity (Wildman–Crippen MR) is 51.6 cm³/mol. The summed E-state index contributed by atoms with van der Waals surface area (Å²) < 4.78 is 9.62. The van der Waals surface area contributed by atoms with Gasteiger partial charge in [-0.1, -0.05) is 34.1 Å². The van der Waals surface area contributed by atoms with Crippen LogP contribution in [0.5, 0.6) is 0 Å². The highest BCUT2D eigenvalue weighted by molar-refractivity contribution is 5.59. The van der Waals surface area contributed by atoms with Gasteiger partial charge in [0.25, 0.3) is 0 Å². The zero-order valence-corrected chi connectivity index (χ0v) is 9.16. The Labute approximate surface area is 80.4 Å². The van der Waals surface area contributed by atoms with E-state index >= 15 is 0 Å². The van der Waals surface area contributed by atoms with Gasteiger partial charge in [0.05, 0.1) is 7.11 Å².